The van der Waals surface area contributed by atoms with Crippen LogP contribution in [-0.4, -0.2) is 387 Å². The van der Waals surface area contributed by atoms with Crippen molar-refractivity contribution in [2.24, 2.45) is 0 Å². The Morgan fingerprint density at radius 1 is 0.323 bits per heavy atom. The van der Waals surface area contributed by atoms with Crippen molar-refractivity contribution in [1.82, 2.24) is 63.4 Å². The topological polar surface area (TPSA) is 644 Å². The Kier molecular flexibility index (Phi) is 56.4. The van der Waals surface area contributed by atoms with Crippen LogP contribution in [0.1, 0.15) is 207 Å². The number of hydrogen-bond acceptors (Lipinski definition) is 33. The fraction of sp³-hybridized carbons (Fsp3) is 0.859. The smallest absolute Gasteiger partial charge is 0.222 e. The summed E-state index contributed by atoms with van der Waals surface area (Å²) in [6, 6.07) is -4.64. The van der Waals surface area contributed by atoms with E-state index in [1.165, 1.54) is 27.7 Å². The number of nitrogens with zero attached hydrogens (tertiary/aromatic N) is 1. The van der Waals surface area contributed by atoms with E-state index >= 15 is 0 Å². The van der Waals surface area contributed by atoms with Crippen LogP contribution in [0.2, 0.25) is 0 Å². The molecule has 0 aromatic carbocycles. The summed E-state index contributed by atoms with van der Waals surface area (Å²) in [6.45, 7) is 4.04. The molecule has 0 aromatic heterocycles. The lowest BCUT2D eigenvalue weighted by molar-refractivity contribution is -0.270. The van der Waals surface area contributed by atoms with Gasteiger partial charge in [-0.3, -0.25) is 57.5 Å². The summed E-state index contributed by atoms with van der Waals surface area (Å²) in [7, 11) is 1.58. The average molecular weight is 1870 g/mol. The molecule has 0 unspecified atom stereocenters. The molecule has 5 aliphatic heterocycles. The summed E-state index contributed by atoms with van der Waals surface area (Å²) in [5, 5.41) is 132. The van der Waals surface area contributed by atoms with Crippen molar-refractivity contribution < 1.29 is 161 Å². The molecule has 5 aliphatic rings. The largest absolute Gasteiger partial charge is 0.394 e. The zero-order chi connectivity index (χ0) is 95.3. The zero-order valence-corrected chi connectivity index (χ0v) is 76.0. The number of methoxy groups -OCH3 is 1. The number of rotatable bonds is 66. The summed E-state index contributed by atoms with van der Waals surface area (Å²) < 4.78 is 65.0. The van der Waals surface area contributed by atoms with Gasteiger partial charge in [0.05, 0.1) is 65.0 Å². The minimum Gasteiger partial charge on any atom is -0.394 e. The van der Waals surface area contributed by atoms with E-state index in [-0.39, 0.29) is 160 Å². The van der Waals surface area contributed by atoms with Gasteiger partial charge in [-0.05, 0) is 77.0 Å². The third-order valence-corrected chi connectivity index (χ3v) is 22.5. The van der Waals surface area contributed by atoms with Gasteiger partial charge in [0, 0.05) is 152 Å². The molecule has 5 fully saturated rings. The highest BCUT2D eigenvalue weighted by Crippen LogP contribution is 2.30. The Bertz CT molecular complexity index is 3330. The molecular weight excluding hydrogens is 1720 g/mol. The van der Waals surface area contributed by atoms with Crippen molar-refractivity contribution in [2.45, 2.75) is 342 Å². The first kappa shape index (κ1) is 113. The second kappa shape index (κ2) is 64.7. The van der Waals surface area contributed by atoms with E-state index in [1.54, 1.807) is 12.0 Å². The van der Waals surface area contributed by atoms with Crippen LogP contribution >= 0.6 is 0 Å². The molecule has 5 rings (SSSR count). The number of likely N-dealkylation sites (tertiary alicyclic amines) is 1. The predicted octanol–water partition coefficient (Wildman–Crippen LogP) is -5.16. The number of aliphatic hydroxyl groups excluding tert-OH is 10. The van der Waals surface area contributed by atoms with Gasteiger partial charge in [0.1, 0.15) is 97.4 Å². The van der Waals surface area contributed by atoms with Gasteiger partial charge in [0.25, 0.3) is 0 Å². The van der Waals surface area contributed by atoms with Gasteiger partial charge in [0.15, 0.2) is 25.1 Å². The molecule has 0 bridgehead atoms. The van der Waals surface area contributed by atoms with Crippen molar-refractivity contribution in [2.75, 3.05) is 126 Å². The van der Waals surface area contributed by atoms with Crippen LogP contribution in [0.5, 0.6) is 0 Å². The average Bonchev–Trinajstić information content (AvgIpc) is 1.42. The van der Waals surface area contributed by atoms with Crippen molar-refractivity contribution >= 4 is 70.9 Å². The Morgan fingerprint density at radius 3 is 1.01 bits per heavy atom. The van der Waals surface area contributed by atoms with Gasteiger partial charge in [-0.25, -0.2) is 0 Å². The number of hydrogen-bond donors (Lipinski definition) is 21. The summed E-state index contributed by atoms with van der Waals surface area (Å²) in [6.07, 6.45) is -8.50. The van der Waals surface area contributed by atoms with Crippen molar-refractivity contribution in [3.63, 3.8) is 0 Å². The van der Waals surface area contributed by atoms with E-state index in [2.05, 4.69) is 58.5 Å². The third kappa shape index (κ3) is 43.4. The molecule has 12 amide bonds. The second-order valence-corrected chi connectivity index (χ2v) is 33.4. The molecule has 21 N–H and O–H groups in total. The third-order valence-electron chi connectivity index (χ3n) is 22.5. The van der Waals surface area contributed by atoms with Gasteiger partial charge in [-0.2, -0.15) is 0 Å². The van der Waals surface area contributed by atoms with Crippen LogP contribution in [0.3, 0.4) is 0 Å². The standard InChI is InChI=1S/C85H150N12O33/c1-52(101)92-70-77(117)74(114)58(47-98)128-83(70)124-39-19-16-25-62(106)86-33-22-36-89-65(109)30-42-121-51-61-80(122-43-31-66(110)90-37-23-34-87-63(107)26-17-20-40-125-84-71(93-53(2)102)78(118)75(115)59(48-99)129-84)81(123-44-32-67(111)91-38-24-35-88-64(108)27-18-21-41-126-85-72(94-54(3)103)79(119)76(116)60(49-100)130-85)73(95-55(4)104)82(127-61)96-68(112)28-14-12-10-8-6-7-9-11-13-15-29-69(113)97-46-57(105)45-56(97)50-120-5/h56-61,70-85,98-100,105,114-119H,6-51H2,1-5H3,(H,86,106)(H,87,107)(H,88,108)(H,89,109)(H,90,110)(H,91,111)(H,92,101)(H,93,102)(H,94,103)(H,95,104)(H,96,112)/t56-,57+,58+,59+,60+,61+,70+,71+,72+,73+,74-,75-,76-,77+,78+,79+,80+,81+,82+,83+,84+,85+/m0/s1. The molecule has 0 spiro atoms. The Balaban J connectivity index is 1.18. The lowest BCUT2D eigenvalue weighted by Gasteiger charge is -2.46. The van der Waals surface area contributed by atoms with Gasteiger partial charge in [-0.15, -0.1) is 0 Å². The number of ether oxygens (including phenoxy) is 11. The highest BCUT2D eigenvalue weighted by molar-refractivity contribution is 5.80. The highest BCUT2D eigenvalue weighted by atomic mass is 16.7. The molecule has 45 heteroatoms. The molecule has 0 aliphatic carbocycles. The number of aliphatic hydroxyl groups is 10. The molecule has 0 aromatic rings. The SMILES string of the molecule is COC[C@@H]1C[C@@H](O)CN1C(=O)CCCCCCCCCCCCC(=O)N[C@@H]1O[C@H](COCCC(=O)NCCCNC(=O)CCCCO[C@@H]2O[C@H](CO)[C@H](O)[C@H](O)[C@H]2NC(C)=O)[C@@H](OCCC(=O)NCCCNC(=O)CCCCO[C@@H]2O[C@H](CO)[C@H](O)[C@H](O)[C@H]2NC(C)=O)[C@H](OCCC(=O)NCCCNC(=O)CCCCO[C@@H]2O[C@H](CO)[C@H](O)[C@H](O)[C@H]2NC(C)=O)[C@H]1NC(C)=O. The number of unbranched alkanes of at least 4 members (excludes halogenated alkanes) is 12. The number of nitrogens with one attached hydrogen (secondary N) is 11. The predicted molar refractivity (Wildman–Crippen MR) is 459 cm³/mol. The normalized spacial score (nSPS) is 27.2. The van der Waals surface area contributed by atoms with Crippen molar-refractivity contribution in [1.29, 1.82) is 0 Å². The molecule has 748 valence electrons. The molecule has 0 saturated carbocycles. The monoisotopic (exact) mass is 1870 g/mol. The maximum Gasteiger partial charge on any atom is 0.222 e. The lowest BCUT2D eigenvalue weighted by Crippen LogP contribution is -2.69. The minimum absolute atomic E-state index is 0.0349. The van der Waals surface area contributed by atoms with Crippen LogP contribution in [0.25, 0.3) is 0 Å². The van der Waals surface area contributed by atoms with Gasteiger partial charge in [0.2, 0.25) is 70.9 Å². The van der Waals surface area contributed by atoms with E-state index < -0.39 is 196 Å². The van der Waals surface area contributed by atoms with Crippen LogP contribution in [0.15, 0.2) is 0 Å². The fourth-order valence-electron chi connectivity index (χ4n) is 15.6. The minimum atomic E-state index is -1.48. The van der Waals surface area contributed by atoms with E-state index in [9.17, 15) is 109 Å². The Labute approximate surface area is 759 Å². The molecule has 45 nitrogen and oxygen atoms in total. The molecular formula is C85H150N12O33. The summed E-state index contributed by atoms with van der Waals surface area (Å²) in [5.41, 5.74) is 0. The van der Waals surface area contributed by atoms with Crippen LogP contribution in [0.4, 0.5) is 0 Å². The maximum absolute atomic E-state index is 14.0. The first-order chi connectivity index (χ1) is 62.4. The second-order valence-electron chi connectivity index (χ2n) is 33.4. The van der Waals surface area contributed by atoms with E-state index in [0.29, 0.717) is 90.2 Å². The number of β-amino-alcohol motifs (C(OH)–C–C–N with tert-alkyl or cyclic N) is 1. The highest BCUT2D eigenvalue weighted by Gasteiger charge is 2.51. The van der Waals surface area contributed by atoms with Crippen molar-refractivity contribution in [3.8, 4) is 0 Å². The Hall–Kier alpha value is -7.20. The van der Waals surface area contributed by atoms with Gasteiger partial charge in [-0.1, -0.05) is 51.4 Å². The summed E-state index contributed by atoms with van der Waals surface area (Å²) in [5.74, 6) is -4.59. The van der Waals surface area contributed by atoms with Gasteiger partial charge >= 0.3 is 0 Å². The first-order valence-corrected chi connectivity index (χ1v) is 46.0. The van der Waals surface area contributed by atoms with E-state index in [4.69, 9.17) is 52.1 Å². The lowest BCUT2D eigenvalue weighted by atomic mass is 9.94. The number of carbonyl (C=O) groups excluding carboxylic acids is 12. The molecule has 5 heterocycles. The fourth-order valence-corrected chi connectivity index (χ4v) is 15.6. The van der Waals surface area contributed by atoms with E-state index in [1.807, 2.05) is 0 Å². The number of carbonyl (C=O) groups is 12. The van der Waals surface area contributed by atoms with Crippen LogP contribution < -0.4 is 58.5 Å². The van der Waals surface area contributed by atoms with Crippen molar-refractivity contribution in [3.05, 3.63) is 0 Å². The van der Waals surface area contributed by atoms with Crippen LogP contribution in [0, 0.1) is 0 Å². The van der Waals surface area contributed by atoms with Gasteiger partial charge < -0.3 is 167 Å². The van der Waals surface area contributed by atoms with E-state index in [0.717, 1.165) is 57.8 Å². The number of amides is 12. The van der Waals surface area contributed by atoms with Crippen LogP contribution in [-0.2, 0) is 110 Å². The molecule has 22 atom stereocenters. The zero-order valence-electron chi connectivity index (χ0n) is 76.0. The quantitative estimate of drug-likeness (QED) is 0.0253. The summed E-state index contributed by atoms with van der Waals surface area (Å²) >= 11 is 0. The molecule has 5 saturated heterocycles. The first-order valence-electron chi connectivity index (χ1n) is 46.0. The molecule has 0 radical (unpaired) electrons. The molecule has 130 heavy (non-hydrogen) atoms. The Morgan fingerprint density at radius 2 is 0.646 bits per heavy atom. The summed E-state index contributed by atoms with van der Waals surface area (Å²) in [4.78, 5) is 156. The maximum atomic E-state index is 14.0.